The Morgan fingerprint density at radius 1 is 1.56 bits per heavy atom. The lowest BCUT2D eigenvalue weighted by molar-refractivity contribution is 0.0537. The average molecular weight is 309 g/mol. The van der Waals surface area contributed by atoms with E-state index < -0.39 is 0 Å². The molecule has 3 nitrogen and oxygen atoms in total. The van der Waals surface area contributed by atoms with Gasteiger partial charge in [-0.3, -0.25) is 4.79 Å². The zero-order valence-electron chi connectivity index (χ0n) is 10.5. The summed E-state index contributed by atoms with van der Waals surface area (Å²) in [7, 11) is 0. The van der Waals surface area contributed by atoms with E-state index in [0.29, 0.717) is 15.8 Å². The van der Waals surface area contributed by atoms with Crippen molar-refractivity contribution in [3.63, 3.8) is 0 Å². The number of piperidine rings is 1. The Bertz CT molecular complexity index is 433. The average Bonchev–Trinajstić information content (AvgIpc) is 2.68. The van der Waals surface area contributed by atoms with Gasteiger partial charge in [0.15, 0.2) is 0 Å². The molecule has 6 heteroatoms. The first kappa shape index (κ1) is 15.8. The molecule has 2 rings (SSSR count). The van der Waals surface area contributed by atoms with Gasteiger partial charge in [-0.1, -0.05) is 25.4 Å². The maximum absolute atomic E-state index is 12.2. The predicted octanol–water partition coefficient (Wildman–Crippen LogP) is 3.02. The second kappa shape index (κ2) is 5.78. The number of halogens is 2. The van der Waals surface area contributed by atoms with Crippen LogP contribution in [0.3, 0.4) is 0 Å². The SMILES string of the molecule is CC1(C)CN(C(=O)c2ccc(Cl)s2)CCC1N.Cl. The van der Waals surface area contributed by atoms with E-state index in [-0.39, 0.29) is 29.8 Å². The Hall–Kier alpha value is -0.290. The van der Waals surface area contributed by atoms with Crippen LogP contribution in [0.1, 0.15) is 29.9 Å². The number of carbonyl (C=O) groups is 1. The molecule has 1 amide bonds. The summed E-state index contributed by atoms with van der Waals surface area (Å²) in [5.41, 5.74) is 6.04. The zero-order valence-corrected chi connectivity index (χ0v) is 12.9. The number of amides is 1. The Kier molecular flexibility index (Phi) is 5.06. The van der Waals surface area contributed by atoms with E-state index in [1.807, 2.05) is 4.90 Å². The van der Waals surface area contributed by atoms with E-state index in [1.165, 1.54) is 11.3 Å². The summed E-state index contributed by atoms with van der Waals surface area (Å²) in [6.45, 7) is 5.67. The minimum Gasteiger partial charge on any atom is -0.337 e. The van der Waals surface area contributed by atoms with E-state index in [0.717, 1.165) is 13.0 Å². The maximum Gasteiger partial charge on any atom is 0.263 e. The molecular weight excluding hydrogens is 291 g/mol. The first-order valence-electron chi connectivity index (χ1n) is 5.70. The van der Waals surface area contributed by atoms with Crippen LogP contribution < -0.4 is 5.73 Å². The van der Waals surface area contributed by atoms with Crippen LogP contribution in [0.15, 0.2) is 12.1 Å². The number of likely N-dealkylation sites (tertiary alicyclic amines) is 1. The molecule has 2 N–H and O–H groups in total. The Morgan fingerprint density at radius 2 is 2.22 bits per heavy atom. The van der Waals surface area contributed by atoms with Crippen LogP contribution in [0, 0.1) is 5.41 Å². The highest BCUT2D eigenvalue weighted by Crippen LogP contribution is 2.30. The second-order valence-electron chi connectivity index (χ2n) is 5.21. The number of carbonyl (C=O) groups excluding carboxylic acids is 1. The number of rotatable bonds is 1. The van der Waals surface area contributed by atoms with Crippen LogP contribution in [0.4, 0.5) is 0 Å². The summed E-state index contributed by atoms with van der Waals surface area (Å²) in [4.78, 5) is 14.8. The molecule has 0 spiro atoms. The van der Waals surface area contributed by atoms with Gasteiger partial charge < -0.3 is 10.6 Å². The van der Waals surface area contributed by atoms with Crippen LogP contribution in [-0.2, 0) is 0 Å². The summed E-state index contributed by atoms with van der Waals surface area (Å²) < 4.78 is 0.654. The van der Waals surface area contributed by atoms with Crippen molar-refractivity contribution >= 4 is 41.3 Å². The first-order valence-corrected chi connectivity index (χ1v) is 6.90. The smallest absolute Gasteiger partial charge is 0.263 e. The fourth-order valence-electron chi connectivity index (χ4n) is 2.13. The number of nitrogens with zero attached hydrogens (tertiary/aromatic N) is 1. The van der Waals surface area contributed by atoms with E-state index in [1.54, 1.807) is 12.1 Å². The molecule has 0 saturated carbocycles. The summed E-state index contributed by atoms with van der Waals surface area (Å²) in [5, 5.41) is 0. The fraction of sp³-hybridized carbons (Fsp3) is 0.583. The highest BCUT2D eigenvalue weighted by Gasteiger charge is 2.35. The van der Waals surface area contributed by atoms with Crippen molar-refractivity contribution in [1.29, 1.82) is 0 Å². The summed E-state index contributed by atoms with van der Waals surface area (Å²) in [5.74, 6) is 0.0712. The Morgan fingerprint density at radius 3 is 2.72 bits per heavy atom. The van der Waals surface area contributed by atoms with Crippen molar-refractivity contribution in [2.45, 2.75) is 26.3 Å². The molecule has 0 bridgehead atoms. The summed E-state index contributed by atoms with van der Waals surface area (Å²) in [6, 6.07) is 3.72. The molecule has 2 heterocycles. The number of thiophene rings is 1. The van der Waals surface area contributed by atoms with Gasteiger partial charge in [-0.15, -0.1) is 23.7 Å². The molecule has 1 atom stereocenters. The normalized spacial score (nSPS) is 22.4. The molecule has 1 unspecified atom stereocenters. The molecule has 0 radical (unpaired) electrons. The van der Waals surface area contributed by atoms with Crippen molar-refractivity contribution in [2.24, 2.45) is 11.1 Å². The minimum atomic E-state index is -0.0189. The fourth-order valence-corrected chi connectivity index (χ4v) is 3.14. The van der Waals surface area contributed by atoms with Gasteiger partial charge >= 0.3 is 0 Å². The van der Waals surface area contributed by atoms with Gasteiger partial charge in [0.2, 0.25) is 0 Å². The lowest BCUT2D eigenvalue weighted by Gasteiger charge is -2.42. The monoisotopic (exact) mass is 308 g/mol. The molecule has 1 aromatic rings. The van der Waals surface area contributed by atoms with Crippen LogP contribution >= 0.6 is 35.3 Å². The van der Waals surface area contributed by atoms with Gasteiger partial charge in [-0.2, -0.15) is 0 Å². The van der Waals surface area contributed by atoms with Gasteiger partial charge in [-0.25, -0.2) is 0 Å². The zero-order chi connectivity index (χ0) is 12.6. The summed E-state index contributed by atoms with van der Waals surface area (Å²) >= 11 is 7.18. The highest BCUT2D eigenvalue weighted by atomic mass is 35.5. The largest absolute Gasteiger partial charge is 0.337 e. The van der Waals surface area contributed by atoms with Crippen molar-refractivity contribution < 1.29 is 4.79 Å². The maximum atomic E-state index is 12.2. The molecule has 102 valence electrons. The van der Waals surface area contributed by atoms with E-state index in [4.69, 9.17) is 17.3 Å². The Balaban J connectivity index is 0.00000162. The topological polar surface area (TPSA) is 46.3 Å². The molecule has 0 aliphatic carbocycles. The van der Waals surface area contributed by atoms with Gasteiger partial charge in [0, 0.05) is 19.1 Å². The lowest BCUT2D eigenvalue weighted by atomic mass is 9.79. The van der Waals surface area contributed by atoms with E-state index in [9.17, 15) is 4.79 Å². The van der Waals surface area contributed by atoms with Gasteiger partial charge in [0.1, 0.15) is 0 Å². The number of hydrogen-bond acceptors (Lipinski definition) is 3. The highest BCUT2D eigenvalue weighted by molar-refractivity contribution is 7.17. The second-order valence-corrected chi connectivity index (χ2v) is 6.93. The third kappa shape index (κ3) is 3.18. The molecule has 1 aliphatic heterocycles. The molecular formula is C12H18Cl2N2OS. The van der Waals surface area contributed by atoms with Crippen molar-refractivity contribution in [2.75, 3.05) is 13.1 Å². The molecule has 1 saturated heterocycles. The molecule has 0 aromatic carbocycles. The van der Waals surface area contributed by atoms with E-state index >= 15 is 0 Å². The molecule has 1 aromatic heterocycles. The third-order valence-corrected chi connectivity index (χ3v) is 4.60. The van der Waals surface area contributed by atoms with Crippen LogP contribution in [0.25, 0.3) is 0 Å². The van der Waals surface area contributed by atoms with Gasteiger partial charge in [0.05, 0.1) is 9.21 Å². The van der Waals surface area contributed by atoms with Gasteiger partial charge in [-0.05, 0) is 24.0 Å². The standard InChI is InChI=1S/C12H17ClN2OS.ClH/c1-12(2)7-15(6-5-9(12)14)11(16)8-3-4-10(13)17-8;/h3-4,9H,5-7,14H2,1-2H3;1H. The quantitative estimate of drug-likeness (QED) is 0.867. The predicted molar refractivity (Wildman–Crippen MR) is 78.9 cm³/mol. The van der Waals surface area contributed by atoms with E-state index in [2.05, 4.69) is 13.8 Å². The van der Waals surface area contributed by atoms with Crippen molar-refractivity contribution in [3.8, 4) is 0 Å². The van der Waals surface area contributed by atoms with Crippen molar-refractivity contribution in [1.82, 2.24) is 4.90 Å². The number of nitrogens with two attached hydrogens (primary N) is 1. The van der Waals surface area contributed by atoms with Crippen molar-refractivity contribution in [3.05, 3.63) is 21.3 Å². The van der Waals surface area contributed by atoms with Crippen LogP contribution in [-0.4, -0.2) is 29.9 Å². The Labute approximate surface area is 123 Å². The third-order valence-electron chi connectivity index (χ3n) is 3.38. The lowest BCUT2D eigenvalue weighted by Crippen LogP contribution is -2.53. The van der Waals surface area contributed by atoms with Crippen LogP contribution in [0.2, 0.25) is 4.34 Å². The first-order chi connectivity index (χ1) is 7.90. The van der Waals surface area contributed by atoms with Crippen LogP contribution in [0.5, 0.6) is 0 Å². The molecule has 1 aliphatic rings. The summed E-state index contributed by atoms with van der Waals surface area (Å²) in [6.07, 6.45) is 0.859. The minimum absolute atomic E-state index is 0. The molecule has 18 heavy (non-hydrogen) atoms. The molecule has 1 fully saturated rings. The van der Waals surface area contributed by atoms with Gasteiger partial charge in [0.25, 0.3) is 5.91 Å². The number of hydrogen-bond donors (Lipinski definition) is 1.